The number of aryl methyl sites for hydroxylation is 1. The zero-order valence-electron chi connectivity index (χ0n) is 31.8. The molecule has 2 aromatic heterocycles. The van der Waals surface area contributed by atoms with Gasteiger partial charge in [-0.1, -0.05) is 63.2 Å². The SMILES string of the molecule is CNC(=O)c1cc(F)ccc1CNC(=O)c1nc(N2CCCCS2(=O)=O)c2cccnc2c1CCCCCCCC/C=C\CCCCCCCC(=O)[O-].[K+]. The van der Waals surface area contributed by atoms with Crippen molar-refractivity contribution in [3.63, 3.8) is 0 Å². The molecule has 0 unspecified atom stereocenters. The fourth-order valence-corrected chi connectivity index (χ4v) is 8.29. The second kappa shape index (κ2) is 24.0. The smallest absolute Gasteiger partial charge is 0.550 e. The Hall–Kier alpha value is -2.75. The van der Waals surface area contributed by atoms with Crippen LogP contribution in [-0.4, -0.2) is 55.5 Å². The summed E-state index contributed by atoms with van der Waals surface area (Å²) >= 11 is 0. The molecule has 1 aliphatic rings. The number of aromatic nitrogens is 2. The molecule has 1 fully saturated rings. The van der Waals surface area contributed by atoms with E-state index in [1.807, 2.05) is 0 Å². The molecule has 288 valence electrons. The summed E-state index contributed by atoms with van der Waals surface area (Å²) in [4.78, 5) is 46.2. The van der Waals surface area contributed by atoms with Crippen LogP contribution in [0.2, 0.25) is 0 Å². The van der Waals surface area contributed by atoms with Crippen LogP contribution in [0.5, 0.6) is 0 Å². The number of amides is 2. The Morgan fingerprint density at radius 2 is 1.57 bits per heavy atom. The molecule has 14 heteroatoms. The summed E-state index contributed by atoms with van der Waals surface area (Å²) in [5, 5.41) is 16.4. The molecule has 3 heterocycles. The molecular formula is C40H53FKN5O6S. The minimum absolute atomic E-state index is 0. The number of aliphatic carboxylic acids is 1. The van der Waals surface area contributed by atoms with Gasteiger partial charge < -0.3 is 20.5 Å². The van der Waals surface area contributed by atoms with Crippen molar-refractivity contribution in [1.29, 1.82) is 0 Å². The first-order valence-electron chi connectivity index (χ1n) is 19.0. The molecule has 54 heavy (non-hydrogen) atoms. The second-order valence-electron chi connectivity index (χ2n) is 13.6. The Balaban J connectivity index is 0.00000784. The van der Waals surface area contributed by atoms with Crippen LogP contribution in [0.25, 0.3) is 10.9 Å². The number of nitrogens with zero attached hydrogens (tertiary/aromatic N) is 3. The van der Waals surface area contributed by atoms with Gasteiger partial charge in [0.25, 0.3) is 11.8 Å². The Kier molecular flexibility index (Phi) is 20.3. The summed E-state index contributed by atoms with van der Waals surface area (Å²) in [5.74, 6) is -2.36. The summed E-state index contributed by atoms with van der Waals surface area (Å²) in [6.45, 7) is 0.195. The van der Waals surface area contributed by atoms with Crippen molar-refractivity contribution in [1.82, 2.24) is 20.6 Å². The van der Waals surface area contributed by atoms with Crippen molar-refractivity contribution < 1.29 is 83.7 Å². The fraction of sp³-hybridized carbons (Fsp3) is 0.525. The number of halogens is 1. The van der Waals surface area contributed by atoms with E-state index in [4.69, 9.17) is 4.98 Å². The van der Waals surface area contributed by atoms with E-state index in [1.165, 1.54) is 23.5 Å². The largest absolute Gasteiger partial charge is 1.00 e. The van der Waals surface area contributed by atoms with Gasteiger partial charge in [-0.2, -0.15) is 0 Å². The number of hydrogen-bond donors (Lipinski definition) is 2. The third-order valence-corrected chi connectivity index (χ3v) is 11.4. The number of nitrogens with one attached hydrogen (secondary N) is 2. The molecule has 0 atom stereocenters. The van der Waals surface area contributed by atoms with Crippen LogP contribution in [-0.2, 0) is 27.8 Å². The third-order valence-electron chi connectivity index (χ3n) is 9.59. The van der Waals surface area contributed by atoms with Crippen molar-refractivity contribution in [2.24, 2.45) is 0 Å². The van der Waals surface area contributed by atoms with E-state index in [0.717, 1.165) is 83.1 Å². The number of pyridine rings is 2. The number of carbonyl (C=O) groups excluding carboxylic acids is 3. The number of rotatable bonds is 22. The summed E-state index contributed by atoms with van der Waals surface area (Å²) in [6.07, 6.45) is 21.2. The van der Waals surface area contributed by atoms with Crippen LogP contribution in [0.15, 0.2) is 48.7 Å². The van der Waals surface area contributed by atoms with Gasteiger partial charge in [0, 0.05) is 48.8 Å². The van der Waals surface area contributed by atoms with E-state index in [0.29, 0.717) is 47.7 Å². The zero-order valence-corrected chi connectivity index (χ0v) is 35.8. The maximum atomic E-state index is 14.0. The van der Waals surface area contributed by atoms with Crippen molar-refractivity contribution in [3.8, 4) is 0 Å². The van der Waals surface area contributed by atoms with Crippen molar-refractivity contribution in [2.75, 3.05) is 23.7 Å². The standard InChI is InChI=1S/C40H54FN5O6S.K/c1-42-39(49)34-28-31(41)24-23-30(34)29-44-40(50)37-32(36-33(21-19-25-43-36)38(45-37)46-26-17-18-27-53(46,51)52)20-15-13-11-9-7-5-3-2-4-6-8-10-12-14-16-22-35(47)48;/h2,4,19,21,23-25,28H,3,5-18,20,22,26-27,29H2,1H3,(H,42,49)(H,44,50)(H,47,48);/q;+1/p-1/b4-2-;. The summed E-state index contributed by atoms with van der Waals surface area (Å²) in [6, 6.07) is 7.34. The first kappa shape index (κ1) is 45.6. The predicted octanol–water partition coefficient (Wildman–Crippen LogP) is 3.30. The minimum Gasteiger partial charge on any atom is -0.550 e. The molecule has 0 aliphatic carbocycles. The number of benzene rings is 1. The average Bonchev–Trinajstić information content (AvgIpc) is 3.14. The number of fused-ring (bicyclic) bond motifs is 1. The number of unbranched alkanes of at least 4 members (excludes halogenated alkanes) is 11. The normalized spacial score (nSPS) is 13.9. The van der Waals surface area contributed by atoms with Gasteiger partial charge in [0.15, 0.2) is 5.82 Å². The van der Waals surface area contributed by atoms with E-state index in [-0.39, 0.29) is 93.7 Å². The Morgan fingerprint density at radius 1 is 0.907 bits per heavy atom. The molecule has 2 amide bonds. The fourth-order valence-electron chi connectivity index (χ4n) is 6.69. The van der Waals surface area contributed by atoms with Gasteiger partial charge in [0.2, 0.25) is 10.0 Å². The van der Waals surface area contributed by atoms with Gasteiger partial charge >= 0.3 is 51.4 Å². The number of carboxylic acids is 1. The van der Waals surface area contributed by atoms with Crippen molar-refractivity contribution in [2.45, 2.75) is 116 Å². The number of carboxylic acid groups (broad SMARTS) is 1. The molecule has 0 saturated carbocycles. The molecule has 1 aromatic carbocycles. The van der Waals surface area contributed by atoms with Crippen LogP contribution >= 0.6 is 0 Å². The van der Waals surface area contributed by atoms with Crippen LogP contribution in [0.4, 0.5) is 10.2 Å². The molecule has 0 radical (unpaired) electrons. The zero-order chi connectivity index (χ0) is 38.1. The molecule has 1 saturated heterocycles. The average molecular weight is 790 g/mol. The van der Waals surface area contributed by atoms with E-state index in [2.05, 4.69) is 27.8 Å². The van der Waals surface area contributed by atoms with Crippen molar-refractivity contribution in [3.05, 3.63) is 76.9 Å². The molecular weight excluding hydrogens is 737 g/mol. The van der Waals surface area contributed by atoms with E-state index in [9.17, 15) is 32.3 Å². The van der Waals surface area contributed by atoms with E-state index >= 15 is 0 Å². The molecule has 3 aromatic rings. The van der Waals surface area contributed by atoms with Gasteiger partial charge in [-0.05, 0) is 94.0 Å². The van der Waals surface area contributed by atoms with Gasteiger partial charge in [-0.25, -0.2) is 17.8 Å². The Labute approximate surface area is 361 Å². The van der Waals surface area contributed by atoms with E-state index in [1.54, 1.807) is 18.3 Å². The molecule has 0 spiro atoms. The first-order chi connectivity index (χ1) is 25.6. The third kappa shape index (κ3) is 14.1. The van der Waals surface area contributed by atoms with E-state index < -0.39 is 33.6 Å². The van der Waals surface area contributed by atoms with Crippen LogP contribution in [0, 0.1) is 5.82 Å². The maximum Gasteiger partial charge on any atom is 1.00 e. The number of anilines is 1. The van der Waals surface area contributed by atoms with Crippen LogP contribution < -0.4 is 71.4 Å². The number of carbonyl (C=O) groups is 3. The maximum absolute atomic E-state index is 14.0. The topological polar surface area (TPSA) is 161 Å². The summed E-state index contributed by atoms with van der Waals surface area (Å²) in [5.41, 5.74) is 1.81. The Morgan fingerprint density at radius 3 is 2.24 bits per heavy atom. The van der Waals surface area contributed by atoms with Gasteiger partial charge in [0.05, 0.1) is 11.3 Å². The van der Waals surface area contributed by atoms with Gasteiger partial charge in [-0.15, -0.1) is 0 Å². The van der Waals surface area contributed by atoms with Crippen LogP contribution in [0.1, 0.15) is 135 Å². The molecule has 11 nitrogen and oxygen atoms in total. The number of sulfonamides is 1. The molecule has 0 bridgehead atoms. The first-order valence-corrected chi connectivity index (χ1v) is 20.6. The number of hydrogen-bond acceptors (Lipinski definition) is 8. The molecule has 4 rings (SSSR count). The van der Waals surface area contributed by atoms with Crippen molar-refractivity contribution >= 4 is 44.5 Å². The molecule has 2 N–H and O–H groups in total. The summed E-state index contributed by atoms with van der Waals surface area (Å²) in [7, 11) is -2.19. The molecule has 1 aliphatic heterocycles. The second-order valence-corrected chi connectivity index (χ2v) is 15.6. The Bertz CT molecular complexity index is 1840. The quantitative estimate of drug-likeness (QED) is 0.0891. The summed E-state index contributed by atoms with van der Waals surface area (Å²) < 4.78 is 41.7. The predicted molar refractivity (Wildman–Crippen MR) is 203 cm³/mol. The minimum atomic E-state index is -3.64. The van der Waals surface area contributed by atoms with Crippen LogP contribution in [0.3, 0.4) is 0 Å². The van der Waals surface area contributed by atoms with Gasteiger partial charge in [-0.3, -0.25) is 18.9 Å². The monoisotopic (exact) mass is 789 g/mol. The van der Waals surface area contributed by atoms with Gasteiger partial charge in [0.1, 0.15) is 11.5 Å². The number of allylic oxidation sites excluding steroid dienone is 2.